The van der Waals surface area contributed by atoms with Gasteiger partial charge in [-0.25, -0.2) is 0 Å². The van der Waals surface area contributed by atoms with Crippen LogP contribution in [0, 0.1) is 0 Å². The SMILES string of the molecule is CCN(CC(C)(C)O)C(=O)c1sc2cccc(Br)c2c1N. The zero-order valence-corrected chi connectivity index (χ0v) is 14.7. The maximum Gasteiger partial charge on any atom is 0.266 e. The van der Waals surface area contributed by atoms with E-state index >= 15 is 0 Å². The van der Waals surface area contributed by atoms with E-state index in [-0.39, 0.29) is 12.5 Å². The van der Waals surface area contributed by atoms with Crippen LogP contribution in [0.5, 0.6) is 0 Å². The Morgan fingerprint density at radius 3 is 2.67 bits per heavy atom. The fraction of sp³-hybridized carbons (Fsp3) is 0.400. The van der Waals surface area contributed by atoms with Crippen molar-refractivity contribution in [1.29, 1.82) is 0 Å². The summed E-state index contributed by atoms with van der Waals surface area (Å²) in [7, 11) is 0. The van der Waals surface area contributed by atoms with Crippen LogP contribution in [0.4, 0.5) is 5.69 Å². The van der Waals surface area contributed by atoms with Gasteiger partial charge in [0.15, 0.2) is 0 Å². The Kier molecular flexibility index (Phi) is 4.60. The second-order valence-electron chi connectivity index (χ2n) is 5.59. The van der Waals surface area contributed by atoms with E-state index in [0.717, 1.165) is 14.6 Å². The lowest BCUT2D eigenvalue weighted by Crippen LogP contribution is -2.42. The topological polar surface area (TPSA) is 66.6 Å². The molecule has 2 aromatic rings. The van der Waals surface area contributed by atoms with E-state index in [1.165, 1.54) is 11.3 Å². The molecule has 3 N–H and O–H groups in total. The molecule has 1 heterocycles. The summed E-state index contributed by atoms with van der Waals surface area (Å²) >= 11 is 4.86. The van der Waals surface area contributed by atoms with Crippen LogP contribution in [0.25, 0.3) is 10.1 Å². The van der Waals surface area contributed by atoms with Gasteiger partial charge < -0.3 is 15.7 Å². The Bertz CT molecular complexity index is 676. The number of halogens is 1. The number of hydrogen-bond donors (Lipinski definition) is 2. The molecule has 0 radical (unpaired) electrons. The van der Waals surface area contributed by atoms with Crippen LogP contribution in [-0.4, -0.2) is 34.6 Å². The number of aliphatic hydroxyl groups is 1. The summed E-state index contributed by atoms with van der Waals surface area (Å²) in [5.74, 6) is -0.134. The monoisotopic (exact) mass is 370 g/mol. The third-order valence-electron chi connectivity index (χ3n) is 3.14. The van der Waals surface area contributed by atoms with Crippen molar-refractivity contribution < 1.29 is 9.90 Å². The van der Waals surface area contributed by atoms with Gasteiger partial charge in [-0.3, -0.25) is 4.79 Å². The van der Waals surface area contributed by atoms with E-state index in [2.05, 4.69) is 15.9 Å². The van der Waals surface area contributed by atoms with Crippen molar-refractivity contribution in [3.8, 4) is 0 Å². The number of carbonyl (C=O) groups is 1. The van der Waals surface area contributed by atoms with Crippen LogP contribution in [0.15, 0.2) is 22.7 Å². The van der Waals surface area contributed by atoms with Crippen LogP contribution in [0.2, 0.25) is 0 Å². The number of amides is 1. The average Bonchev–Trinajstić information content (AvgIpc) is 2.73. The van der Waals surface area contributed by atoms with Gasteiger partial charge in [0.05, 0.1) is 11.3 Å². The normalized spacial score (nSPS) is 11.9. The molecule has 114 valence electrons. The molecule has 0 bridgehead atoms. The minimum absolute atomic E-state index is 0.134. The Balaban J connectivity index is 2.43. The minimum Gasteiger partial charge on any atom is -0.397 e. The molecule has 0 spiro atoms. The number of benzene rings is 1. The predicted molar refractivity (Wildman–Crippen MR) is 91.8 cm³/mol. The van der Waals surface area contributed by atoms with Gasteiger partial charge in [0.25, 0.3) is 5.91 Å². The Labute approximate surface area is 136 Å². The summed E-state index contributed by atoms with van der Waals surface area (Å²) in [5, 5.41) is 10.8. The second-order valence-corrected chi connectivity index (χ2v) is 7.50. The van der Waals surface area contributed by atoms with Gasteiger partial charge in [-0.05, 0) is 32.9 Å². The number of rotatable bonds is 4. The maximum atomic E-state index is 12.7. The summed E-state index contributed by atoms with van der Waals surface area (Å²) in [6.07, 6.45) is 0. The van der Waals surface area contributed by atoms with Gasteiger partial charge in [0.2, 0.25) is 0 Å². The van der Waals surface area contributed by atoms with Crippen molar-refractivity contribution in [3.63, 3.8) is 0 Å². The van der Waals surface area contributed by atoms with Gasteiger partial charge in [-0.2, -0.15) is 0 Å². The zero-order valence-electron chi connectivity index (χ0n) is 12.3. The number of anilines is 1. The number of fused-ring (bicyclic) bond motifs is 1. The van der Waals surface area contributed by atoms with Crippen LogP contribution < -0.4 is 5.73 Å². The Morgan fingerprint density at radius 1 is 1.48 bits per heavy atom. The Hall–Kier alpha value is -1.11. The number of nitrogens with zero attached hydrogens (tertiary/aromatic N) is 1. The number of carbonyl (C=O) groups excluding carboxylic acids is 1. The molecule has 0 aliphatic heterocycles. The van der Waals surface area contributed by atoms with Crippen LogP contribution in [-0.2, 0) is 0 Å². The molecule has 0 atom stereocenters. The highest BCUT2D eigenvalue weighted by Crippen LogP contribution is 2.38. The lowest BCUT2D eigenvalue weighted by molar-refractivity contribution is 0.0318. The van der Waals surface area contributed by atoms with E-state index in [0.29, 0.717) is 17.1 Å². The number of likely N-dealkylation sites (N-methyl/N-ethyl adjacent to an activating group) is 1. The quantitative estimate of drug-likeness (QED) is 0.865. The molecule has 1 amide bonds. The molecule has 1 aromatic heterocycles. The summed E-state index contributed by atoms with van der Waals surface area (Å²) in [5.41, 5.74) is 5.74. The molecule has 21 heavy (non-hydrogen) atoms. The first-order valence-electron chi connectivity index (χ1n) is 6.72. The van der Waals surface area contributed by atoms with Crippen molar-refractivity contribution in [1.82, 2.24) is 4.90 Å². The summed E-state index contributed by atoms with van der Waals surface area (Å²) in [6.45, 7) is 6.07. The third-order valence-corrected chi connectivity index (χ3v) is 4.96. The van der Waals surface area contributed by atoms with Crippen molar-refractivity contribution >= 4 is 48.9 Å². The molecule has 0 aliphatic rings. The maximum absolute atomic E-state index is 12.7. The van der Waals surface area contributed by atoms with Crippen molar-refractivity contribution in [3.05, 3.63) is 27.5 Å². The lowest BCUT2D eigenvalue weighted by atomic mass is 10.1. The molecule has 4 nitrogen and oxygen atoms in total. The van der Waals surface area contributed by atoms with Gasteiger partial charge in [0, 0.05) is 27.6 Å². The molecule has 0 saturated carbocycles. The van der Waals surface area contributed by atoms with Crippen molar-refractivity contribution in [2.24, 2.45) is 0 Å². The highest BCUT2D eigenvalue weighted by Gasteiger charge is 2.26. The molecule has 2 rings (SSSR count). The second kappa shape index (κ2) is 5.94. The fourth-order valence-corrected chi connectivity index (χ4v) is 4.05. The largest absolute Gasteiger partial charge is 0.397 e. The molecule has 1 aromatic carbocycles. The molecular formula is C15H19BrN2O2S. The predicted octanol–water partition coefficient (Wildman–Crippen LogP) is 3.48. The van der Waals surface area contributed by atoms with E-state index in [9.17, 15) is 9.90 Å². The van der Waals surface area contributed by atoms with Crippen molar-refractivity contribution in [2.45, 2.75) is 26.4 Å². The highest BCUT2D eigenvalue weighted by atomic mass is 79.9. The molecule has 0 fully saturated rings. The number of hydrogen-bond acceptors (Lipinski definition) is 4. The van der Waals surface area contributed by atoms with E-state index < -0.39 is 5.60 Å². The fourth-order valence-electron chi connectivity index (χ4n) is 2.23. The van der Waals surface area contributed by atoms with Crippen LogP contribution >= 0.6 is 27.3 Å². The van der Waals surface area contributed by atoms with E-state index in [4.69, 9.17) is 5.73 Å². The van der Waals surface area contributed by atoms with Gasteiger partial charge in [-0.15, -0.1) is 11.3 Å². The molecular weight excluding hydrogens is 352 g/mol. The zero-order chi connectivity index (χ0) is 15.8. The first-order valence-corrected chi connectivity index (χ1v) is 8.33. The molecule has 0 unspecified atom stereocenters. The summed E-state index contributed by atoms with van der Waals surface area (Å²) < 4.78 is 1.86. The van der Waals surface area contributed by atoms with Crippen LogP contribution in [0.1, 0.15) is 30.4 Å². The van der Waals surface area contributed by atoms with Gasteiger partial charge in [0.1, 0.15) is 4.88 Å². The van der Waals surface area contributed by atoms with E-state index in [1.807, 2.05) is 25.1 Å². The highest BCUT2D eigenvalue weighted by molar-refractivity contribution is 9.10. The van der Waals surface area contributed by atoms with Crippen molar-refractivity contribution in [2.75, 3.05) is 18.8 Å². The number of thiophene rings is 1. The minimum atomic E-state index is -0.933. The summed E-state index contributed by atoms with van der Waals surface area (Å²) in [4.78, 5) is 14.8. The average molecular weight is 371 g/mol. The number of nitrogen functional groups attached to an aromatic ring is 1. The lowest BCUT2D eigenvalue weighted by Gasteiger charge is -2.27. The van der Waals surface area contributed by atoms with E-state index in [1.54, 1.807) is 18.7 Å². The Morgan fingerprint density at radius 2 is 2.14 bits per heavy atom. The standard InChI is InChI=1S/C15H19BrN2O2S/c1-4-18(8-15(2,3)20)14(19)13-12(17)11-9(16)6-5-7-10(11)21-13/h5-7,20H,4,8,17H2,1-3H3. The van der Waals surface area contributed by atoms with Gasteiger partial charge in [-0.1, -0.05) is 22.0 Å². The third kappa shape index (κ3) is 3.39. The van der Waals surface area contributed by atoms with Crippen LogP contribution in [0.3, 0.4) is 0 Å². The first-order chi connectivity index (χ1) is 9.74. The molecule has 0 saturated heterocycles. The summed E-state index contributed by atoms with van der Waals surface area (Å²) in [6, 6.07) is 5.78. The molecule has 0 aliphatic carbocycles. The van der Waals surface area contributed by atoms with Gasteiger partial charge >= 0.3 is 0 Å². The number of nitrogens with two attached hydrogens (primary N) is 1. The smallest absolute Gasteiger partial charge is 0.266 e. The first kappa shape index (κ1) is 16.3. The molecule has 6 heteroatoms.